The number of thiazole rings is 1. The fraction of sp³-hybridized carbons (Fsp3) is 0.625. The van der Waals surface area contributed by atoms with E-state index in [-0.39, 0.29) is 11.9 Å². The van der Waals surface area contributed by atoms with Crippen LogP contribution in [-0.4, -0.2) is 68.2 Å². The number of hydrogen-bond acceptors (Lipinski definition) is 6. The second kappa shape index (κ2) is 8.01. The molecule has 0 bridgehead atoms. The van der Waals surface area contributed by atoms with Crippen molar-refractivity contribution in [1.82, 2.24) is 30.0 Å². The monoisotopic (exact) mass is 366 g/mol. The van der Waals surface area contributed by atoms with Crippen molar-refractivity contribution in [3.8, 4) is 0 Å². The summed E-state index contributed by atoms with van der Waals surface area (Å²) in [5.41, 5.74) is 2.82. The number of aromatic amines is 1. The third-order valence-electron chi connectivity index (χ3n) is 4.62. The highest BCUT2D eigenvalue weighted by molar-refractivity contribution is 7.09. The number of aromatic nitrogens is 4. The molecule has 2 atom stereocenters. The fourth-order valence-corrected chi connectivity index (χ4v) is 3.96. The van der Waals surface area contributed by atoms with Gasteiger partial charge in [0.1, 0.15) is 18.3 Å². The van der Waals surface area contributed by atoms with Gasteiger partial charge >= 0.3 is 0 Å². The fourth-order valence-electron chi connectivity index (χ4n) is 3.15. The Hall–Kier alpha value is -1.87. The van der Waals surface area contributed by atoms with E-state index in [1.807, 2.05) is 12.4 Å². The zero-order valence-corrected chi connectivity index (χ0v) is 15.3. The molecule has 2 aromatic heterocycles. The normalized spacial score (nSPS) is 20.9. The zero-order valence-electron chi connectivity index (χ0n) is 14.5. The van der Waals surface area contributed by atoms with Gasteiger partial charge in [-0.1, -0.05) is 0 Å². The van der Waals surface area contributed by atoms with Crippen LogP contribution in [0, 0.1) is 6.92 Å². The molecule has 0 aliphatic carbocycles. The van der Waals surface area contributed by atoms with Crippen LogP contribution in [0.15, 0.2) is 11.8 Å². The molecule has 1 N–H and O–H groups in total. The van der Waals surface area contributed by atoms with Crippen molar-refractivity contribution >= 4 is 17.2 Å². The van der Waals surface area contributed by atoms with Gasteiger partial charge in [-0.25, -0.2) is 14.4 Å². The highest BCUT2D eigenvalue weighted by Gasteiger charge is 2.33. The lowest BCUT2D eigenvalue weighted by molar-refractivity contribution is -0.130. The molecular weight excluding hydrogens is 343 g/mol. The van der Waals surface area contributed by atoms with E-state index in [1.54, 1.807) is 23.3 Å². The molecule has 0 unspecified atom stereocenters. The van der Waals surface area contributed by atoms with Gasteiger partial charge in [-0.2, -0.15) is 5.10 Å². The van der Waals surface area contributed by atoms with Crippen molar-refractivity contribution in [1.29, 1.82) is 0 Å². The van der Waals surface area contributed by atoms with E-state index in [0.717, 1.165) is 5.69 Å². The zero-order chi connectivity index (χ0) is 17.8. The smallest absolute Gasteiger partial charge is 0.222 e. The number of likely N-dealkylation sites (tertiary alicyclic amines) is 1. The topological polar surface area (TPSA) is 78.0 Å². The minimum absolute atomic E-state index is 0.0348. The average Bonchev–Trinajstić information content (AvgIpc) is 3.29. The third-order valence-corrected chi connectivity index (χ3v) is 5.54. The molecule has 1 fully saturated rings. The molecule has 3 heterocycles. The number of carbonyl (C=O) groups is 1. The number of H-pyrrole nitrogens is 1. The van der Waals surface area contributed by atoms with Crippen molar-refractivity contribution in [3.63, 3.8) is 0 Å². The Kier molecular flexibility index (Phi) is 5.74. The molecule has 25 heavy (non-hydrogen) atoms. The predicted molar refractivity (Wildman–Crippen MR) is 92.9 cm³/mol. The molecule has 0 spiro atoms. The number of rotatable bonds is 7. The maximum Gasteiger partial charge on any atom is 0.222 e. The molecule has 1 saturated heterocycles. The Bertz CT molecular complexity index is 691. The Balaban J connectivity index is 1.53. The number of likely N-dealkylation sites (N-methyl/N-ethyl adjacent to an activating group) is 1. The molecule has 0 saturated carbocycles. The lowest BCUT2D eigenvalue weighted by Gasteiger charge is -2.28. The summed E-state index contributed by atoms with van der Waals surface area (Å²) in [5.74, 6) is 0.737. The first-order valence-electron chi connectivity index (χ1n) is 8.38. The average molecular weight is 366 g/mol. The Morgan fingerprint density at radius 2 is 2.36 bits per heavy atom. The third kappa shape index (κ3) is 4.60. The van der Waals surface area contributed by atoms with Crippen LogP contribution in [-0.2, 0) is 17.8 Å². The molecule has 7 nitrogen and oxygen atoms in total. The summed E-state index contributed by atoms with van der Waals surface area (Å²) >= 11 is 1.60. The van der Waals surface area contributed by atoms with Gasteiger partial charge in [-0.05, 0) is 13.3 Å². The van der Waals surface area contributed by atoms with E-state index >= 15 is 0 Å². The molecule has 2 aromatic rings. The van der Waals surface area contributed by atoms with Gasteiger partial charge < -0.3 is 4.90 Å². The number of amides is 1. The molecular formula is C16H23FN6OS. The molecule has 1 aliphatic rings. The first-order chi connectivity index (χ1) is 12.0. The van der Waals surface area contributed by atoms with Gasteiger partial charge in [0.15, 0.2) is 0 Å². The number of carbonyl (C=O) groups excluding carboxylic acids is 1. The van der Waals surface area contributed by atoms with Crippen LogP contribution in [0.25, 0.3) is 0 Å². The summed E-state index contributed by atoms with van der Waals surface area (Å²) in [6, 6.07) is 0.0377. The number of aryl methyl sites for hydroxylation is 2. The van der Waals surface area contributed by atoms with Crippen molar-refractivity contribution in [2.24, 2.45) is 0 Å². The van der Waals surface area contributed by atoms with Crippen molar-refractivity contribution < 1.29 is 9.18 Å². The highest BCUT2D eigenvalue weighted by atomic mass is 32.1. The highest BCUT2D eigenvalue weighted by Crippen LogP contribution is 2.25. The van der Waals surface area contributed by atoms with E-state index in [1.165, 1.54) is 11.2 Å². The van der Waals surface area contributed by atoms with Crippen molar-refractivity contribution in [2.75, 3.05) is 20.1 Å². The van der Waals surface area contributed by atoms with Gasteiger partial charge in [0, 0.05) is 50.4 Å². The largest absolute Gasteiger partial charge is 0.344 e. The molecule has 0 aromatic carbocycles. The number of alkyl halides is 1. The first-order valence-corrected chi connectivity index (χ1v) is 9.26. The second-order valence-electron chi connectivity index (χ2n) is 6.48. The lowest BCUT2D eigenvalue weighted by Crippen LogP contribution is -2.41. The number of nitrogens with one attached hydrogen (secondary N) is 1. The Morgan fingerprint density at radius 1 is 1.52 bits per heavy atom. The summed E-state index contributed by atoms with van der Waals surface area (Å²) in [7, 11) is 1.78. The Labute approximate surface area is 150 Å². The van der Waals surface area contributed by atoms with E-state index in [0.29, 0.717) is 44.7 Å². The number of halogens is 1. The summed E-state index contributed by atoms with van der Waals surface area (Å²) in [6.07, 6.45) is 1.96. The van der Waals surface area contributed by atoms with Crippen LogP contribution >= 0.6 is 11.3 Å². The number of nitrogens with zero attached hydrogens (tertiary/aromatic N) is 5. The van der Waals surface area contributed by atoms with Gasteiger partial charge in [0.25, 0.3) is 0 Å². The predicted octanol–water partition coefficient (Wildman–Crippen LogP) is 1.57. The SMILES string of the molecule is Cc1ncsc1CN1C[C@@H](F)C[C@H]1CN(C)C(=O)CCc1ncn[nH]1. The van der Waals surface area contributed by atoms with Gasteiger partial charge in [0.05, 0.1) is 11.2 Å². The maximum absolute atomic E-state index is 14.0. The van der Waals surface area contributed by atoms with E-state index in [2.05, 4.69) is 25.1 Å². The molecule has 3 rings (SSSR count). The maximum atomic E-state index is 14.0. The molecule has 9 heteroatoms. The van der Waals surface area contributed by atoms with E-state index < -0.39 is 6.17 Å². The summed E-state index contributed by atoms with van der Waals surface area (Å²) < 4.78 is 14.0. The van der Waals surface area contributed by atoms with Gasteiger partial charge in [0.2, 0.25) is 5.91 Å². The Morgan fingerprint density at radius 3 is 3.04 bits per heavy atom. The van der Waals surface area contributed by atoms with Crippen molar-refractivity contribution in [3.05, 3.63) is 28.2 Å². The quantitative estimate of drug-likeness (QED) is 0.805. The molecule has 1 amide bonds. The van der Waals surface area contributed by atoms with Crippen LogP contribution in [0.5, 0.6) is 0 Å². The van der Waals surface area contributed by atoms with Crippen LogP contribution < -0.4 is 0 Å². The van der Waals surface area contributed by atoms with Crippen LogP contribution in [0.2, 0.25) is 0 Å². The van der Waals surface area contributed by atoms with Crippen LogP contribution in [0.4, 0.5) is 4.39 Å². The van der Waals surface area contributed by atoms with E-state index in [4.69, 9.17) is 0 Å². The molecule has 1 aliphatic heterocycles. The second-order valence-corrected chi connectivity index (χ2v) is 7.42. The van der Waals surface area contributed by atoms with Crippen molar-refractivity contribution in [2.45, 2.75) is 44.9 Å². The van der Waals surface area contributed by atoms with Gasteiger partial charge in [-0.3, -0.25) is 14.8 Å². The first kappa shape index (κ1) is 17.9. The van der Waals surface area contributed by atoms with Gasteiger partial charge in [-0.15, -0.1) is 11.3 Å². The standard InChI is InChI=1S/C16H23FN6OS/c1-11-14(25-10-19-11)8-23-6-12(17)5-13(23)7-22(2)16(24)4-3-15-18-9-20-21-15/h9-10,12-13H,3-8H2,1-2H3,(H,18,20,21)/t12-,13-/m0/s1. The number of hydrogen-bond donors (Lipinski definition) is 1. The summed E-state index contributed by atoms with van der Waals surface area (Å²) in [4.78, 5) is 25.6. The van der Waals surface area contributed by atoms with Crippen LogP contribution in [0.1, 0.15) is 29.2 Å². The minimum Gasteiger partial charge on any atom is -0.344 e. The lowest BCUT2D eigenvalue weighted by atomic mass is 10.2. The van der Waals surface area contributed by atoms with E-state index in [9.17, 15) is 9.18 Å². The minimum atomic E-state index is -0.837. The molecule has 136 valence electrons. The summed E-state index contributed by atoms with van der Waals surface area (Å²) in [5, 5.41) is 6.53. The summed E-state index contributed by atoms with van der Waals surface area (Å²) in [6.45, 7) is 3.63. The molecule has 0 radical (unpaired) electrons. The van der Waals surface area contributed by atoms with Crippen LogP contribution in [0.3, 0.4) is 0 Å².